The average molecular weight is 555 g/mol. The first-order valence-electron chi connectivity index (χ1n) is 14.9. The van der Waals surface area contributed by atoms with E-state index in [9.17, 15) is 9.90 Å². The number of carboxylic acid groups (broad SMARTS) is 1. The summed E-state index contributed by atoms with van der Waals surface area (Å²) >= 11 is 0. The van der Waals surface area contributed by atoms with E-state index in [1.165, 1.54) is 25.2 Å². The Morgan fingerprint density at radius 3 is 2.83 bits per heavy atom. The lowest BCUT2D eigenvalue weighted by molar-refractivity contribution is -0.143. The van der Waals surface area contributed by atoms with E-state index in [-0.39, 0.29) is 11.9 Å². The summed E-state index contributed by atoms with van der Waals surface area (Å²) in [6.07, 6.45) is 9.32. The van der Waals surface area contributed by atoms with E-state index < -0.39 is 17.8 Å². The molecule has 8 nitrogen and oxygen atoms in total. The number of benzene rings is 1. The minimum absolute atomic E-state index is 0.0196. The van der Waals surface area contributed by atoms with E-state index in [4.69, 9.17) is 14.5 Å². The second-order valence-electron chi connectivity index (χ2n) is 11.4. The molecule has 2 N–H and O–H groups in total. The van der Waals surface area contributed by atoms with Gasteiger partial charge in [-0.3, -0.25) is 14.6 Å². The molecule has 2 saturated heterocycles. The first-order chi connectivity index (χ1) is 19.5. The van der Waals surface area contributed by atoms with Crippen LogP contribution in [-0.2, 0) is 28.9 Å². The van der Waals surface area contributed by atoms with Crippen molar-refractivity contribution in [2.24, 2.45) is 0 Å². The molecule has 0 saturated carbocycles. The molecule has 2 atom stereocenters. The van der Waals surface area contributed by atoms with Crippen molar-refractivity contribution < 1.29 is 23.8 Å². The molecule has 218 valence electrons. The molecule has 0 unspecified atom stereocenters. The maximum absolute atomic E-state index is 15.0. The van der Waals surface area contributed by atoms with Crippen molar-refractivity contribution >= 4 is 11.8 Å². The third-order valence-corrected chi connectivity index (χ3v) is 8.39. The Morgan fingerprint density at radius 1 is 1.18 bits per heavy atom. The van der Waals surface area contributed by atoms with Gasteiger partial charge in [0.15, 0.2) is 11.6 Å². The molecule has 3 aliphatic rings. The fourth-order valence-electron chi connectivity index (χ4n) is 6.34. The summed E-state index contributed by atoms with van der Waals surface area (Å²) in [6.45, 7) is 5.33. The highest BCUT2D eigenvalue weighted by Crippen LogP contribution is 2.36. The van der Waals surface area contributed by atoms with Gasteiger partial charge >= 0.3 is 5.97 Å². The van der Waals surface area contributed by atoms with Gasteiger partial charge in [-0.2, -0.15) is 0 Å². The Hall–Kier alpha value is -2.75. The van der Waals surface area contributed by atoms with E-state index >= 15 is 4.39 Å². The van der Waals surface area contributed by atoms with Crippen molar-refractivity contribution in [1.82, 2.24) is 14.8 Å². The normalized spacial score (nSPS) is 20.3. The number of likely N-dealkylation sites (tertiary alicyclic amines) is 2. The first kappa shape index (κ1) is 28.8. The predicted octanol–water partition coefficient (Wildman–Crippen LogP) is 4.81. The Balaban J connectivity index is 1.11. The molecule has 4 heterocycles. The summed E-state index contributed by atoms with van der Waals surface area (Å²) in [5.41, 5.74) is 3.63. The number of halogens is 1. The van der Waals surface area contributed by atoms with E-state index in [0.717, 1.165) is 88.1 Å². The lowest BCUT2D eigenvalue weighted by Crippen LogP contribution is -2.34. The molecule has 0 aliphatic carbocycles. The summed E-state index contributed by atoms with van der Waals surface area (Å²) in [6, 6.07) is 6.68. The van der Waals surface area contributed by atoms with Crippen LogP contribution in [0.1, 0.15) is 73.4 Å². The molecule has 5 rings (SSSR count). The maximum atomic E-state index is 15.0. The van der Waals surface area contributed by atoms with E-state index in [0.29, 0.717) is 31.8 Å². The number of aryl methyl sites for hydroxylation is 2. The zero-order valence-electron chi connectivity index (χ0n) is 23.7. The molecule has 1 aromatic heterocycles. The number of carboxylic acids is 1. The summed E-state index contributed by atoms with van der Waals surface area (Å²) in [7, 11) is 1.40. The minimum atomic E-state index is -0.998. The van der Waals surface area contributed by atoms with Crippen molar-refractivity contribution in [2.45, 2.75) is 76.5 Å². The molecular formula is C31H43FN4O4. The summed E-state index contributed by atoms with van der Waals surface area (Å²) in [5.74, 6) is -0.431. The number of anilines is 1. The molecule has 0 amide bonds. The Labute approximate surface area is 236 Å². The number of aromatic nitrogens is 1. The molecule has 1 aromatic carbocycles. The number of fused-ring (bicyclic) bond motifs is 1. The molecule has 0 spiro atoms. The van der Waals surface area contributed by atoms with Crippen LogP contribution in [0, 0.1) is 5.82 Å². The summed E-state index contributed by atoms with van der Waals surface area (Å²) in [5, 5.41) is 13.6. The Morgan fingerprint density at radius 2 is 2.02 bits per heavy atom. The number of methoxy groups -OCH3 is 1. The average Bonchev–Trinajstić information content (AvgIpc) is 3.63. The van der Waals surface area contributed by atoms with Gasteiger partial charge in [-0.15, -0.1) is 0 Å². The van der Waals surface area contributed by atoms with E-state index in [1.54, 1.807) is 0 Å². The summed E-state index contributed by atoms with van der Waals surface area (Å²) < 4.78 is 26.5. The standard InChI is InChI=1S/C31H43FN4O4/c1-39-29-26(18-22(19-27(29)32)20-35-14-4-5-15-35)28(31(37)38)36-16-12-25(21-36)40-17-6-2-3-9-24-11-10-23-8-7-13-33-30(23)34-24/h10-11,18-19,25,28H,2-9,12-17,20-21H2,1H3,(H,33,34)(H,37,38)/t25-,28+/m1/s1. The van der Waals surface area contributed by atoms with Gasteiger partial charge in [-0.1, -0.05) is 12.5 Å². The van der Waals surface area contributed by atoms with Crippen LogP contribution in [0.4, 0.5) is 10.2 Å². The van der Waals surface area contributed by atoms with Gasteiger partial charge in [0, 0.05) is 44.0 Å². The van der Waals surface area contributed by atoms with Gasteiger partial charge in [-0.05, 0) is 93.8 Å². The number of nitrogens with one attached hydrogen (secondary N) is 1. The van der Waals surface area contributed by atoms with Crippen molar-refractivity contribution in [3.05, 3.63) is 52.5 Å². The summed E-state index contributed by atoms with van der Waals surface area (Å²) in [4.78, 5) is 21.4. The number of rotatable bonds is 13. The zero-order chi connectivity index (χ0) is 27.9. The van der Waals surface area contributed by atoms with Crippen LogP contribution in [0.25, 0.3) is 0 Å². The van der Waals surface area contributed by atoms with Crippen molar-refractivity contribution in [1.29, 1.82) is 0 Å². The number of unbranched alkanes of at least 4 members (excludes halogenated alkanes) is 2. The monoisotopic (exact) mass is 554 g/mol. The van der Waals surface area contributed by atoms with Crippen LogP contribution >= 0.6 is 0 Å². The van der Waals surface area contributed by atoms with Crippen molar-refractivity contribution in [3.8, 4) is 5.75 Å². The number of ether oxygens (including phenoxy) is 2. The number of hydrogen-bond acceptors (Lipinski definition) is 7. The van der Waals surface area contributed by atoms with Gasteiger partial charge < -0.3 is 19.9 Å². The molecule has 2 fully saturated rings. The first-order valence-corrected chi connectivity index (χ1v) is 14.9. The lowest BCUT2D eigenvalue weighted by Gasteiger charge is -2.27. The molecule has 40 heavy (non-hydrogen) atoms. The van der Waals surface area contributed by atoms with Crippen molar-refractivity contribution in [2.75, 3.05) is 51.8 Å². The Bertz CT molecular complexity index is 1160. The Kier molecular flexibility index (Phi) is 9.88. The maximum Gasteiger partial charge on any atom is 0.325 e. The second-order valence-corrected chi connectivity index (χ2v) is 11.4. The van der Waals surface area contributed by atoms with Crippen LogP contribution in [0.3, 0.4) is 0 Å². The molecule has 0 bridgehead atoms. The number of hydrogen-bond donors (Lipinski definition) is 2. The molecule has 9 heteroatoms. The molecule has 2 aromatic rings. The smallest absolute Gasteiger partial charge is 0.325 e. The molecular weight excluding hydrogens is 511 g/mol. The minimum Gasteiger partial charge on any atom is -0.493 e. The van der Waals surface area contributed by atoms with Crippen LogP contribution in [0.5, 0.6) is 5.75 Å². The largest absolute Gasteiger partial charge is 0.493 e. The van der Waals surface area contributed by atoms with E-state index in [1.807, 2.05) is 11.0 Å². The number of pyridine rings is 1. The number of nitrogens with zero attached hydrogens (tertiary/aromatic N) is 3. The molecule has 0 radical (unpaired) electrons. The van der Waals surface area contributed by atoms with Crippen LogP contribution in [-0.4, -0.2) is 78.4 Å². The van der Waals surface area contributed by atoms with Gasteiger partial charge in [0.25, 0.3) is 0 Å². The highest BCUT2D eigenvalue weighted by Gasteiger charge is 2.36. The zero-order valence-corrected chi connectivity index (χ0v) is 23.7. The quantitative estimate of drug-likeness (QED) is 0.341. The number of aliphatic carboxylic acids is 1. The third-order valence-electron chi connectivity index (χ3n) is 8.39. The highest BCUT2D eigenvalue weighted by atomic mass is 19.1. The number of carbonyl (C=O) groups is 1. The van der Waals surface area contributed by atoms with Crippen LogP contribution in [0.2, 0.25) is 0 Å². The fourth-order valence-corrected chi connectivity index (χ4v) is 6.34. The SMILES string of the molecule is COc1c(F)cc(CN2CCCC2)cc1[C@@H](C(=O)O)N1CC[C@@H](OCCCCCc2ccc3c(n2)NCCC3)C1. The fraction of sp³-hybridized carbons (Fsp3) is 0.613. The second kappa shape index (κ2) is 13.7. The predicted molar refractivity (Wildman–Crippen MR) is 152 cm³/mol. The molecule has 3 aliphatic heterocycles. The van der Waals surface area contributed by atoms with Gasteiger partial charge in [-0.25, -0.2) is 9.37 Å². The van der Waals surface area contributed by atoms with Gasteiger partial charge in [0.1, 0.15) is 11.9 Å². The highest BCUT2D eigenvalue weighted by molar-refractivity contribution is 5.77. The van der Waals surface area contributed by atoms with Gasteiger partial charge in [0.2, 0.25) is 0 Å². The topological polar surface area (TPSA) is 87.2 Å². The van der Waals surface area contributed by atoms with Crippen LogP contribution in [0.15, 0.2) is 24.3 Å². The van der Waals surface area contributed by atoms with E-state index in [2.05, 4.69) is 22.3 Å². The van der Waals surface area contributed by atoms with Gasteiger partial charge in [0.05, 0.1) is 13.2 Å². The van der Waals surface area contributed by atoms with Crippen molar-refractivity contribution in [3.63, 3.8) is 0 Å². The third kappa shape index (κ3) is 7.11. The van der Waals surface area contributed by atoms with Crippen LogP contribution < -0.4 is 10.1 Å². The lowest BCUT2D eigenvalue weighted by atomic mass is 10.0.